The summed E-state index contributed by atoms with van der Waals surface area (Å²) >= 11 is 0. The molecule has 0 aliphatic carbocycles. The summed E-state index contributed by atoms with van der Waals surface area (Å²) in [5.74, 6) is 0.795. The number of nitrogens with one attached hydrogen (secondary N) is 1. The molecule has 2 fully saturated rings. The number of nitrogens with two attached hydrogens (primary N) is 1. The molecule has 3 unspecified atom stereocenters. The fourth-order valence-corrected chi connectivity index (χ4v) is 3.84. The molecule has 0 radical (unpaired) electrons. The summed E-state index contributed by atoms with van der Waals surface area (Å²) in [7, 11) is 2.25. The van der Waals surface area contributed by atoms with Gasteiger partial charge in [0.25, 0.3) is 0 Å². The van der Waals surface area contributed by atoms with E-state index < -0.39 is 0 Å². The predicted molar refractivity (Wildman–Crippen MR) is 82.4 cm³/mol. The van der Waals surface area contributed by atoms with Gasteiger partial charge in [-0.25, -0.2) is 0 Å². The molecule has 20 heavy (non-hydrogen) atoms. The lowest BCUT2D eigenvalue weighted by Crippen LogP contribution is -2.55. The van der Waals surface area contributed by atoms with Gasteiger partial charge in [-0.2, -0.15) is 0 Å². The van der Waals surface area contributed by atoms with Crippen LogP contribution < -0.4 is 11.1 Å². The zero-order chi connectivity index (χ0) is 14.5. The number of nitrogens with zero attached hydrogens (tertiary/aromatic N) is 1. The molecule has 2 rings (SSSR count). The molecule has 0 aromatic heterocycles. The summed E-state index contributed by atoms with van der Waals surface area (Å²) in [6, 6.07) is 1.77. The zero-order valence-electron chi connectivity index (χ0n) is 13.1. The van der Waals surface area contributed by atoms with Crippen LogP contribution >= 0.6 is 0 Å². The van der Waals surface area contributed by atoms with E-state index in [-0.39, 0.29) is 5.91 Å². The first-order valence-electron chi connectivity index (χ1n) is 8.31. The van der Waals surface area contributed by atoms with Crippen molar-refractivity contribution in [1.29, 1.82) is 0 Å². The molecule has 0 aromatic carbocycles. The summed E-state index contributed by atoms with van der Waals surface area (Å²) in [5.41, 5.74) is 5.55. The highest BCUT2D eigenvalue weighted by Crippen LogP contribution is 2.32. The van der Waals surface area contributed by atoms with Gasteiger partial charge in [0, 0.05) is 24.5 Å². The van der Waals surface area contributed by atoms with Crippen molar-refractivity contribution in [2.24, 2.45) is 11.7 Å². The average molecular weight is 281 g/mol. The van der Waals surface area contributed by atoms with Crippen LogP contribution in [0.3, 0.4) is 0 Å². The molecular formula is C16H31N3O. The summed E-state index contributed by atoms with van der Waals surface area (Å²) in [6.45, 7) is 2.90. The second kappa shape index (κ2) is 7.41. The van der Waals surface area contributed by atoms with Crippen molar-refractivity contribution in [1.82, 2.24) is 10.2 Å². The predicted octanol–water partition coefficient (Wildman–Crippen LogP) is 1.88. The van der Waals surface area contributed by atoms with E-state index in [9.17, 15) is 4.79 Å². The minimum atomic E-state index is 0.237. The Kier molecular flexibility index (Phi) is 5.85. The Labute approximate surface area is 123 Å². The summed E-state index contributed by atoms with van der Waals surface area (Å²) in [4.78, 5) is 14.6. The molecule has 2 heterocycles. The molecule has 1 amide bonds. The standard InChI is InChI=1S/C16H31N3O/c1-12(8-9-17)6-7-16(20)18-13-10-14-4-3-5-15(11-13)19(14)2/h12-15H,3-11,17H2,1-2H3,(H,18,20). The molecule has 2 aliphatic heterocycles. The molecule has 116 valence electrons. The van der Waals surface area contributed by atoms with Crippen LogP contribution in [0.4, 0.5) is 0 Å². The highest BCUT2D eigenvalue weighted by molar-refractivity contribution is 5.76. The van der Waals surface area contributed by atoms with E-state index in [1.54, 1.807) is 0 Å². The lowest BCUT2D eigenvalue weighted by atomic mass is 9.82. The third kappa shape index (κ3) is 4.19. The molecular weight excluding hydrogens is 250 g/mol. The lowest BCUT2D eigenvalue weighted by Gasteiger charge is -2.47. The Balaban J connectivity index is 1.72. The van der Waals surface area contributed by atoms with E-state index in [1.165, 1.54) is 19.3 Å². The Morgan fingerprint density at radius 3 is 2.55 bits per heavy atom. The van der Waals surface area contributed by atoms with Crippen LogP contribution in [0.2, 0.25) is 0 Å². The SMILES string of the molecule is CC(CCN)CCC(=O)NC1CC2CCCC(C1)N2C. The van der Waals surface area contributed by atoms with Crippen molar-refractivity contribution in [2.45, 2.75) is 76.4 Å². The fourth-order valence-electron chi connectivity index (χ4n) is 3.84. The van der Waals surface area contributed by atoms with Gasteiger partial charge < -0.3 is 16.0 Å². The maximum atomic E-state index is 12.1. The lowest BCUT2D eigenvalue weighted by molar-refractivity contribution is -0.122. The molecule has 4 heteroatoms. The first-order chi connectivity index (χ1) is 9.60. The number of rotatable bonds is 6. The molecule has 2 bridgehead atoms. The van der Waals surface area contributed by atoms with Gasteiger partial charge in [-0.1, -0.05) is 13.3 Å². The van der Waals surface area contributed by atoms with Gasteiger partial charge in [0.2, 0.25) is 5.91 Å². The smallest absolute Gasteiger partial charge is 0.220 e. The highest BCUT2D eigenvalue weighted by atomic mass is 16.1. The number of piperidine rings is 2. The zero-order valence-corrected chi connectivity index (χ0v) is 13.1. The topological polar surface area (TPSA) is 58.4 Å². The largest absolute Gasteiger partial charge is 0.353 e. The molecule has 0 saturated carbocycles. The van der Waals surface area contributed by atoms with Gasteiger partial charge in [-0.05, 0) is 58.0 Å². The first-order valence-corrected chi connectivity index (χ1v) is 8.31. The van der Waals surface area contributed by atoms with E-state index in [2.05, 4.69) is 24.2 Å². The number of hydrogen-bond donors (Lipinski definition) is 2. The van der Waals surface area contributed by atoms with Crippen LogP contribution in [0.15, 0.2) is 0 Å². The van der Waals surface area contributed by atoms with Crippen molar-refractivity contribution >= 4 is 5.91 Å². The Hall–Kier alpha value is -0.610. The minimum Gasteiger partial charge on any atom is -0.353 e. The average Bonchev–Trinajstić information content (AvgIpc) is 2.38. The Bertz CT molecular complexity index is 307. The first kappa shape index (κ1) is 15.8. The highest BCUT2D eigenvalue weighted by Gasteiger charge is 2.36. The molecule has 4 nitrogen and oxygen atoms in total. The Morgan fingerprint density at radius 1 is 1.30 bits per heavy atom. The molecule has 2 aliphatic rings. The van der Waals surface area contributed by atoms with E-state index in [4.69, 9.17) is 5.73 Å². The van der Waals surface area contributed by atoms with Crippen molar-refractivity contribution in [3.8, 4) is 0 Å². The second-order valence-corrected chi connectivity index (χ2v) is 6.86. The molecule has 0 spiro atoms. The van der Waals surface area contributed by atoms with Gasteiger partial charge in [0.05, 0.1) is 0 Å². The van der Waals surface area contributed by atoms with Crippen LogP contribution in [-0.2, 0) is 4.79 Å². The van der Waals surface area contributed by atoms with Gasteiger partial charge in [0.1, 0.15) is 0 Å². The van der Waals surface area contributed by atoms with E-state index >= 15 is 0 Å². The van der Waals surface area contributed by atoms with Crippen molar-refractivity contribution in [3.05, 3.63) is 0 Å². The quantitative estimate of drug-likeness (QED) is 0.781. The van der Waals surface area contributed by atoms with Gasteiger partial charge >= 0.3 is 0 Å². The number of carbonyl (C=O) groups excluding carboxylic acids is 1. The van der Waals surface area contributed by atoms with Crippen LogP contribution in [0.5, 0.6) is 0 Å². The van der Waals surface area contributed by atoms with Crippen LogP contribution in [0.25, 0.3) is 0 Å². The minimum absolute atomic E-state index is 0.237. The Morgan fingerprint density at radius 2 is 1.95 bits per heavy atom. The maximum Gasteiger partial charge on any atom is 0.220 e. The molecule has 3 atom stereocenters. The van der Waals surface area contributed by atoms with E-state index in [0.717, 1.165) is 32.2 Å². The third-order valence-electron chi connectivity index (χ3n) is 5.23. The van der Waals surface area contributed by atoms with Crippen LogP contribution in [0.1, 0.15) is 58.3 Å². The van der Waals surface area contributed by atoms with Gasteiger partial charge in [-0.3, -0.25) is 4.79 Å². The van der Waals surface area contributed by atoms with Gasteiger partial charge in [0.15, 0.2) is 0 Å². The monoisotopic (exact) mass is 281 g/mol. The van der Waals surface area contributed by atoms with Crippen molar-refractivity contribution in [2.75, 3.05) is 13.6 Å². The van der Waals surface area contributed by atoms with Gasteiger partial charge in [-0.15, -0.1) is 0 Å². The van der Waals surface area contributed by atoms with Crippen LogP contribution in [0, 0.1) is 5.92 Å². The maximum absolute atomic E-state index is 12.1. The number of amides is 1. The summed E-state index contributed by atoms with van der Waals surface area (Å²) in [5, 5.41) is 3.27. The van der Waals surface area contributed by atoms with E-state index in [1.807, 2.05) is 0 Å². The number of carbonyl (C=O) groups is 1. The van der Waals surface area contributed by atoms with E-state index in [0.29, 0.717) is 30.5 Å². The molecule has 3 N–H and O–H groups in total. The molecule has 0 aromatic rings. The summed E-state index contributed by atoms with van der Waals surface area (Å²) < 4.78 is 0. The van der Waals surface area contributed by atoms with Crippen molar-refractivity contribution in [3.63, 3.8) is 0 Å². The second-order valence-electron chi connectivity index (χ2n) is 6.86. The number of hydrogen-bond acceptors (Lipinski definition) is 3. The summed E-state index contributed by atoms with van der Waals surface area (Å²) in [6.07, 6.45) is 8.86. The van der Waals surface area contributed by atoms with Crippen molar-refractivity contribution < 1.29 is 4.79 Å². The third-order valence-corrected chi connectivity index (χ3v) is 5.23. The molecule has 2 saturated heterocycles. The number of fused-ring (bicyclic) bond motifs is 2. The van der Waals surface area contributed by atoms with Crippen LogP contribution in [-0.4, -0.2) is 42.5 Å². The normalized spacial score (nSPS) is 31.9. The fraction of sp³-hybridized carbons (Fsp3) is 0.938.